The zero-order valence-electron chi connectivity index (χ0n) is 16.9. The Morgan fingerprint density at radius 3 is 2.76 bits per heavy atom. The van der Waals surface area contributed by atoms with Gasteiger partial charge in [0.15, 0.2) is 0 Å². The summed E-state index contributed by atoms with van der Waals surface area (Å²) >= 11 is 12.4. The maximum Gasteiger partial charge on any atom is 0.410 e. The van der Waals surface area contributed by atoms with Gasteiger partial charge < -0.3 is 15.0 Å². The fraction of sp³-hybridized carbons (Fsp3) is 0.476. The highest BCUT2D eigenvalue weighted by atomic mass is 35.5. The molecule has 0 spiro atoms. The molecule has 8 heteroatoms. The predicted molar refractivity (Wildman–Crippen MR) is 117 cm³/mol. The summed E-state index contributed by atoms with van der Waals surface area (Å²) < 4.78 is 5.51. The summed E-state index contributed by atoms with van der Waals surface area (Å²) in [5.41, 5.74) is 1.14. The molecule has 156 valence electrons. The molecule has 1 N–H and O–H groups in total. The highest BCUT2D eigenvalue weighted by Crippen LogP contribution is 2.32. The summed E-state index contributed by atoms with van der Waals surface area (Å²) in [7, 11) is 0. The van der Waals surface area contributed by atoms with Crippen LogP contribution in [-0.4, -0.2) is 46.2 Å². The molecule has 1 aliphatic heterocycles. The number of piperidine rings is 1. The molecule has 1 aliphatic rings. The number of benzene rings is 1. The van der Waals surface area contributed by atoms with Gasteiger partial charge in [-0.1, -0.05) is 29.8 Å². The number of carbonyl (C=O) groups is 1. The van der Waals surface area contributed by atoms with Gasteiger partial charge in [-0.3, -0.25) is 0 Å². The SMILES string of the molecule is CC(C)(C)OC(=O)N1CCC[C@H](CNc2nc(Cl)ncc2-c2ccccc2Cl)C1. The molecular formula is C21H26Cl2N4O2. The van der Waals surface area contributed by atoms with E-state index in [4.69, 9.17) is 27.9 Å². The number of ether oxygens (including phenoxy) is 1. The lowest BCUT2D eigenvalue weighted by Crippen LogP contribution is -2.44. The van der Waals surface area contributed by atoms with Crippen molar-refractivity contribution in [2.45, 2.75) is 39.2 Å². The molecule has 1 fully saturated rings. The Hall–Kier alpha value is -2.05. The first-order valence-electron chi connectivity index (χ1n) is 9.72. The molecule has 1 saturated heterocycles. The van der Waals surface area contributed by atoms with E-state index in [-0.39, 0.29) is 17.3 Å². The minimum atomic E-state index is -0.496. The lowest BCUT2D eigenvalue weighted by Gasteiger charge is -2.34. The Balaban J connectivity index is 1.69. The molecule has 2 heterocycles. The molecule has 0 bridgehead atoms. The molecule has 1 atom stereocenters. The smallest absolute Gasteiger partial charge is 0.410 e. The van der Waals surface area contributed by atoms with Crippen LogP contribution in [-0.2, 0) is 4.74 Å². The number of nitrogens with one attached hydrogen (secondary N) is 1. The maximum atomic E-state index is 12.4. The second kappa shape index (κ2) is 9.18. The highest BCUT2D eigenvalue weighted by Gasteiger charge is 2.27. The Bertz CT molecular complexity index is 870. The molecule has 0 radical (unpaired) electrons. The number of halogens is 2. The molecular weight excluding hydrogens is 411 g/mol. The minimum absolute atomic E-state index is 0.169. The fourth-order valence-corrected chi connectivity index (χ4v) is 3.71. The van der Waals surface area contributed by atoms with Crippen LogP contribution in [0.2, 0.25) is 10.3 Å². The molecule has 6 nitrogen and oxygen atoms in total. The summed E-state index contributed by atoms with van der Waals surface area (Å²) in [5.74, 6) is 0.914. The largest absolute Gasteiger partial charge is 0.444 e. The van der Waals surface area contributed by atoms with Crippen molar-refractivity contribution >= 4 is 35.1 Å². The molecule has 0 saturated carbocycles. The third-order valence-corrected chi connectivity index (χ3v) is 5.16. The summed E-state index contributed by atoms with van der Waals surface area (Å²) in [5, 5.41) is 4.17. The lowest BCUT2D eigenvalue weighted by atomic mass is 9.98. The predicted octanol–water partition coefficient (Wildman–Crippen LogP) is 5.51. The van der Waals surface area contributed by atoms with E-state index >= 15 is 0 Å². The first-order chi connectivity index (χ1) is 13.7. The van der Waals surface area contributed by atoms with Crippen LogP contribution in [0.3, 0.4) is 0 Å². The number of aromatic nitrogens is 2. The third kappa shape index (κ3) is 5.97. The van der Waals surface area contributed by atoms with E-state index in [0.29, 0.717) is 23.9 Å². The van der Waals surface area contributed by atoms with E-state index in [2.05, 4.69) is 15.3 Å². The molecule has 1 amide bonds. The van der Waals surface area contributed by atoms with E-state index in [1.54, 1.807) is 11.1 Å². The number of rotatable bonds is 4. The quantitative estimate of drug-likeness (QED) is 0.639. The fourth-order valence-electron chi connectivity index (χ4n) is 3.34. The highest BCUT2D eigenvalue weighted by molar-refractivity contribution is 6.33. The van der Waals surface area contributed by atoms with Gasteiger partial charge in [-0.15, -0.1) is 0 Å². The molecule has 1 aromatic heterocycles. The van der Waals surface area contributed by atoms with Gasteiger partial charge in [0, 0.05) is 42.0 Å². The van der Waals surface area contributed by atoms with Gasteiger partial charge in [0.1, 0.15) is 11.4 Å². The van der Waals surface area contributed by atoms with E-state index in [1.807, 2.05) is 45.0 Å². The Morgan fingerprint density at radius 1 is 1.28 bits per heavy atom. The first kappa shape index (κ1) is 21.7. The summed E-state index contributed by atoms with van der Waals surface area (Å²) in [6.07, 6.45) is 3.37. The summed E-state index contributed by atoms with van der Waals surface area (Å²) in [6.45, 7) is 7.65. The Labute approximate surface area is 181 Å². The number of likely N-dealkylation sites (tertiary alicyclic amines) is 1. The van der Waals surface area contributed by atoms with Crippen molar-refractivity contribution in [1.29, 1.82) is 0 Å². The molecule has 0 unspecified atom stereocenters. The first-order valence-corrected chi connectivity index (χ1v) is 10.5. The number of anilines is 1. The maximum absolute atomic E-state index is 12.4. The van der Waals surface area contributed by atoms with Crippen LogP contribution in [0.15, 0.2) is 30.5 Å². The van der Waals surface area contributed by atoms with Crippen molar-refractivity contribution in [1.82, 2.24) is 14.9 Å². The monoisotopic (exact) mass is 436 g/mol. The number of amides is 1. The number of hydrogen-bond donors (Lipinski definition) is 1. The third-order valence-electron chi connectivity index (χ3n) is 4.65. The van der Waals surface area contributed by atoms with Crippen molar-refractivity contribution in [2.24, 2.45) is 5.92 Å². The van der Waals surface area contributed by atoms with Gasteiger partial charge in [-0.2, -0.15) is 0 Å². The number of carbonyl (C=O) groups excluding carboxylic acids is 1. The van der Waals surface area contributed by atoms with E-state index < -0.39 is 5.60 Å². The van der Waals surface area contributed by atoms with E-state index in [1.165, 1.54) is 0 Å². The molecule has 0 aliphatic carbocycles. The average Bonchev–Trinajstić information content (AvgIpc) is 2.66. The topological polar surface area (TPSA) is 67.3 Å². The zero-order valence-corrected chi connectivity index (χ0v) is 18.4. The lowest BCUT2D eigenvalue weighted by molar-refractivity contribution is 0.0172. The Morgan fingerprint density at radius 2 is 2.03 bits per heavy atom. The van der Waals surface area contributed by atoms with Crippen LogP contribution in [0, 0.1) is 5.92 Å². The van der Waals surface area contributed by atoms with Crippen LogP contribution in [0.5, 0.6) is 0 Å². The molecule has 3 rings (SSSR count). The van der Waals surface area contributed by atoms with Crippen LogP contribution in [0.4, 0.5) is 10.6 Å². The van der Waals surface area contributed by atoms with Gasteiger partial charge in [-0.05, 0) is 57.2 Å². The van der Waals surface area contributed by atoms with Crippen LogP contribution >= 0.6 is 23.2 Å². The minimum Gasteiger partial charge on any atom is -0.444 e. The van der Waals surface area contributed by atoms with Crippen molar-refractivity contribution in [2.75, 3.05) is 25.0 Å². The zero-order chi connectivity index (χ0) is 21.0. The summed E-state index contributed by atoms with van der Waals surface area (Å²) in [6, 6.07) is 7.54. The molecule has 29 heavy (non-hydrogen) atoms. The molecule has 2 aromatic rings. The van der Waals surface area contributed by atoms with Crippen molar-refractivity contribution < 1.29 is 9.53 Å². The standard InChI is InChI=1S/C21H26Cl2N4O2/c1-21(2,3)29-20(28)27-10-6-7-14(13-27)11-24-18-16(12-25-19(23)26-18)15-8-4-5-9-17(15)22/h4-5,8-9,12,14H,6-7,10-11,13H2,1-3H3,(H,24,25,26)/t14-/m1/s1. The average molecular weight is 437 g/mol. The van der Waals surface area contributed by atoms with Gasteiger partial charge in [0.2, 0.25) is 5.28 Å². The van der Waals surface area contributed by atoms with E-state index in [9.17, 15) is 4.79 Å². The second-order valence-corrected chi connectivity index (χ2v) is 8.94. The second-order valence-electron chi connectivity index (χ2n) is 8.20. The van der Waals surface area contributed by atoms with Gasteiger partial charge >= 0.3 is 6.09 Å². The van der Waals surface area contributed by atoms with Crippen LogP contribution < -0.4 is 5.32 Å². The molecule has 1 aromatic carbocycles. The van der Waals surface area contributed by atoms with E-state index in [0.717, 1.165) is 30.5 Å². The number of hydrogen-bond acceptors (Lipinski definition) is 5. The van der Waals surface area contributed by atoms with Crippen LogP contribution in [0.25, 0.3) is 11.1 Å². The van der Waals surface area contributed by atoms with Gasteiger partial charge in [0.25, 0.3) is 0 Å². The van der Waals surface area contributed by atoms with Gasteiger partial charge in [0.05, 0.1) is 0 Å². The van der Waals surface area contributed by atoms with Gasteiger partial charge in [-0.25, -0.2) is 14.8 Å². The normalized spacial score (nSPS) is 17.1. The Kier molecular flexibility index (Phi) is 6.85. The summed E-state index contributed by atoms with van der Waals surface area (Å²) in [4.78, 5) is 22.6. The number of nitrogens with zero attached hydrogens (tertiary/aromatic N) is 3. The van der Waals surface area contributed by atoms with Crippen molar-refractivity contribution in [3.63, 3.8) is 0 Å². The van der Waals surface area contributed by atoms with Crippen molar-refractivity contribution in [3.05, 3.63) is 40.8 Å². The van der Waals surface area contributed by atoms with Crippen LogP contribution in [0.1, 0.15) is 33.6 Å². The van der Waals surface area contributed by atoms with Crippen molar-refractivity contribution in [3.8, 4) is 11.1 Å².